The van der Waals surface area contributed by atoms with Gasteiger partial charge in [0.25, 0.3) is 5.91 Å². The van der Waals surface area contributed by atoms with E-state index >= 15 is 0 Å². The Morgan fingerprint density at radius 2 is 1.78 bits per heavy atom. The number of aromatic hydroxyl groups is 1. The van der Waals surface area contributed by atoms with E-state index in [1.54, 1.807) is 21.9 Å². The summed E-state index contributed by atoms with van der Waals surface area (Å²) >= 11 is 0. The second-order valence-electron chi connectivity index (χ2n) is 7.99. The zero-order valence-electron chi connectivity index (χ0n) is 17.1. The number of carbonyl (C=O) groups excluding carboxylic acids is 2. The minimum absolute atomic E-state index is 0.0680. The quantitative estimate of drug-likeness (QED) is 0.863. The molecule has 150 valence electrons. The molecule has 1 N–H and O–H groups in total. The highest BCUT2D eigenvalue weighted by molar-refractivity contribution is 5.94. The Morgan fingerprint density at radius 3 is 2.26 bits per heavy atom. The molecule has 0 aliphatic carbocycles. The van der Waals surface area contributed by atoms with Gasteiger partial charge in [-0.05, 0) is 71.1 Å². The number of carbonyl (C=O) groups is 2. The molecule has 6 heteroatoms. The lowest BCUT2D eigenvalue weighted by molar-refractivity contribution is 0.0204. The van der Waals surface area contributed by atoms with Gasteiger partial charge in [-0.3, -0.25) is 4.79 Å². The minimum atomic E-state index is -0.501. The molecule has 0 spiro atoms. The van der Waals surface area contributed by atoms with Crippen molar-refractivity contribution >= 4 is 12.0 Å². The molecule has 0 unspecified atom stereocenters. The molecular formula is C21H32N2O4. The van der Waals surface area contributed by atoms with Gasteiger partial charge < -0.3 is 19.6 Å². The van der Waals surface area contributed by atoms with Crippen molar-refractivity contribution in [3.05, 3.63) is 29.3 Å². The van der Waals surface area contributed by atoms with Crippen LogP contribution in [-0.4, -0.2) is 58.7 Å². The molecular weight excluding hydrogens is 344 g/mol. The van der Waals surface area contributed by atoms with Crippen LogP contribution in [0.2, 0.25) is 0 Å². The lowest BCUT2D eigenvalue weighted by Crippen LogP contribution is -2.41. The maximum Gasteiger partial charge on any atom is 0.410 e. The maximum absolute atomic E-state index is 12.4. The molecule has 2 amide bonds. The standard InChI is InChI=1S/C21H32N2O4/c1-6-22(7-2)19(25)16-8-9-17(18(24)14-16)15-10-12-23(13-11-15)20(26)27-21(3,4)5/h8-9,14-15,24H,6-7,10-13H2,1-5H3. The van der Waals surface area contributed by atoms with Crippen molar-refractivity contribution in [1.82, 2.24) is 9.80 Å². The fourth-order valence-electron chi connectivity index (χ4n) is 3.41. The third kappa shape index (κ3) is 5.37. The molecule has 2 rings (SSSR count). The van der Waals surface area contributed by atoms with Crippen molar-refractivity contribution in [2.24, 2.45) is 0 Å². The molecule has 0 bridgehead atoms. The molecule has 0 aromatic heterocycles. The first-order chi connectivity index (χ1) is 12.7. The van der Waals surface area contributed by atoms with Crippen molar-refractivity contribution < 1.29 is 19.4 Å². The van der Waals surface area contributed by atoms with Crippen LogP contribution in [0.4, 0.5) is 4.79 Å². The molecule has 1 fully saturated rings. The van der Waals surface area contributed by atoms with Crippen molar-refractivity contribution in [1.29, 1.82) is 0 Å². The molecule has 1 aliphatic rings. The maximum atomic E-state index is 12.4. The van der Waals surface area contributed by atoms with E-state index in [0.717, 1.165) is 18.4 Å². The number of phenolic OH excluding ortho intramolecular Hbond substituents is 1. The number of amides is 2. The number of nitrogens with zero attached hydrogens (tertiary/aromatic N) is 2. The lowest BCUT2D eigenvalue weighted by Gasteiger charge is -2.33. The van der Waals surface area contributed by atoms with E-state index < -0.39 is 5.60 Å². The van der Waals surface area contributed by atoms with Crippen LogP contribution in [0.5, 0.6) is 5.75 Å². The number of piperidine rings is 1. The average Bonchev–Trinajstić information content (AvgIpc) is 2.61. The Balaban J connectivity index is 2.02. The van der Waals surface area contributed by atoms with Gasteiger partial charge >= 0.3 is 6.09 Å². The SMILES string of the molecule is CCN(CC)C(=O)c1ccc(C2CCN(C(=O)OC(C)(C)C)CC2)c(O)c1. The van der Waals surface area contributed by atoms with E-state index in [1.165, 1.54) is 0 Å². The number of hydrogen-bond donors (Lipinski definition) is 1. The number of hydrogen-bond acceptors (Lipinski definition) is 4. The van der Waals surface area contributed by atoms with Crippen molar-refractivity contribution in [2.75, 3.05) is 26.2 Å². The van der Waals surface area contributed by atoms with Crippen molar-refractivity contribution in [2.45, 2.75) is 59.0 Å². The summed E-state index contributed by atoms with van der Waals surface area (Å²) < 4.78 is 5.42. The van der Waals surface area contributed by atoms with Gasteiger partial charge in [0.2, 0.25) is 0 Å². The summed E-state index contributed by atoms with van der Waals surface area (Å²) in [6.07, 6.45) is 1.23. The molecule has 1 heterocycles. The van der Waals surface area contributed by atoms with Gasteiger partial charge in [-0.1, -0.05) is 6.07 Å². The number of rotatable bonds is 4. The van der Waals surface area contributed by atoms with Crippen LogP contribution < -0.4 is 0 Å². The lowest BCUT2D eigenvalue weighted by atomic mass is 9.88. The normalized spacial score (nSPS) is 15.5. The molecule has 1 aromatic rings. The van der Waals surface area contributed by atoms with Gasteiger partial charge in [0.15, 0.2) is 0 Å². The number of likely N-dealkylation sites (tertiary alicyclic amines) is 1. The molecule has 0 saturated carbocycles. The summed E-state index contributed by atoms with van der Waals surface area (Å²) in [6.45, 7) is 11.9. The monoisotopic (exact) mass is 376 g/mol. The van der Waals surface area contributed by atoms with Crippen molar-refractivity contribution in [3.8, 4) is 5.75 Å². The Hall–Kier alpha value is -2.24. The smallest absolute Gasteiger partial charge is 0.410 e. The second-order valence-corrected chi connectivity index (χ2v) is 7.99. The van der Waals surface area contributed by atoms with E-state index in [9.17, 15) is 14.7 Å². The van der Waals surface area contributed by atoms with Gasteiger partial charge in [-0.15, -0.1) is 0 Å². The third-order valence-corrected chi connectivity index (χ3v) is 4.91. The molecule has 27 heavy (non-hydrogen) atoms. The number of benzene rings is 1. The highest BCUT2D eigenvalue weighted by Crippen LogP contribution is 2.34. The van der Waals surface area contributed by atoms with Crippen LogP contribution >= 0.6 is 0 Å². The van der Waals surface area contributed by atoms with Gasteiger partial charge in [-0.25, -0.2) is 4.79 Å². The van der Waals surface area contributed by atoms with Crippen LogP contribution in [0.3, 0.4) is 0 Å². The van der Waals surface area contributed by atoms with Crippen LogP contribution in [0.15, 0.2) is 18.2 Å². The predicted molar refractivity (Wildman–Crippen MR) is 105 cm³/mol. The molecule has 1 aliphatic heterocycles. The van der Waals surface area contributed by atoms with E-state index in [2.05, 4.69) is 0 Å². The highest BCUT2D eigenvalue weighted by atomic mass is 16.6. The Labute approximate surface area is 162 Å². The topological polar surface area (TPSA) is 70.1 Å². The summed E-state index contributed by atoms with van der Waals surface area (Å²) in [6, 6.07) is 5.20. The minimum Gasteiger partial charge on any atom is -0.508 e. The zero-order valence-corrected chi connectivity index (χ0v) is 17.1. The highest BCUT2D eigenvalue weighted by Gasteiger charge is 2.28. The first-order valence-corrected chi connectivity index (χ1v) is 9.76. The number of phenols is 1. The molecule has 1 aromatic carbocycles. The summed E-state index contributed by atoms with van der Waals surface area (Å²) in [4.78, 5) is 28.1. The summed E-state index contributed by atoms with van der Waals surface area (Å²) in [5.74, 6) is 0.256. The summed E-state index contributed by atoms with van der Waals surface area (Å²) in [5, 5.41) is 10.5. The largest absolute Gasteiger partial charge is 0.508 e. The van der Waals surface area contributed by atoms with Crippen LogP contribution in [0.1, 0.15) is 69.3 Å². The second kappa shape index (κ2) is 8.63. The van der Waals surface area contributed by atoms with E-state index in [0.29, 0.717) is 31.7 Å². The average molecular weight is 376 g/mol. The van der Waals surface area contributed by atoms with Crippen molar-refractivity contribution in [3.63, 3.8) is 0 Å². The first-order valence-electron chi connectivity index (χ1n) is 9.76. The molecule has 6 nitrogen and oxygen atoms in total. The van der Waals surface area contributed by atoms with E-state index in [-0.39, 0.29) is 23.7 Å². The van der Waals surface area contributed by atoms with Gasteiger partial charge in [-0.2, -0.15) is 0 Å². The van der Waals surface area contributed by atoms with Crippen LogP contribution in [0, 0.1) is 0 Å². The fourth-order valence-corrected chi connectivity index (χ4v) is 3.41. The van der Waals surface area contributed by atoms with Gasteiger partial charge in [0.1, 0.15) is 11.4 Å². The Morgan fingerprint density at radius 1 is 1.19 bits per heavy atom. The Kier molecular flexibility index (Phi) is 6.73. The Bertz CT molecular complexity index is 669. The zero-order chi connectivity index (χ0) is 20.2. The van der Waals surface area contributed by atoms with E-state index in [4.69, 9.17) is 4.74 Å². The fraction of sp³-hybridized carbons (Fsp3) is 0.619. The van der Waals surface area contributed by atoms with Crippen LogP contribution in [0.25, 0.3) is 0 Å². The van der Waals surface area contributed by atoms with E-state index in [1.807, 2.05) is 40.7 Å². The predicted octanol–water partition coefficient (Wildman–Crippen LogP) is 3.99. The van der Waals surface area contributed by atoms with Gasteiger partial charge in [0, 0.05) is 31.7 Å². The molecule has 1 saturated heterocycles. The molecule has 0 atom stereocenters. The first kappa shape index (κ1) is 21.1. The molecule has 0 radical (unpaired) electrons. The third-order valence-electron chi connectivity index (χ3n) is 4.91. The summed E-state index contributed by atoms with van der Waals surface area (Å²) in [7, 11) is 0. The number of ether oxygens (including phenoxy) is 1. The summed E-state index contributed by atoms with van der Waals surface area (Å²) in [5.41, 5.74) is 0.848. The van der Waals surface area contributed by atoms with Crippen LogP contribution in [-0.2, 0) is 4.74 Å². The van der Waals surface area contributed by atoms with Gasteiger partial charge in [0.05, 0.1) is 0 Å².